The highest BCUT2D eigenvalue weighted by Crippen LogP contribution is 2.31. The van der Waals surface area contributed by atoms with E-state index >= 15 is 0 Å². The first-order valence-corrected chi connectivity index (χ1v) is 13.8. The molecule has 1 saturated heterocycles. The molecule has 1 aliphatic heterocycles. The van der Waals surface area contributed by atoms with Crippen LogP contribution in [0.15, 0.2) is 24.3 Å². The summed E-state index contributed by atoms with van der Waals surface area (Å²) >= 11 is 0. The average molecular weight is 471 g/mol. The Bertz CT molecular complexity index is 1190. The lowest BCUT2D eigenvalue weighted by atomic mass is 9.93. The van der Waals surface area contributed by atoms with Crippen LogP contribution in [0.25, 0.3) is 10.9 Å². The number of fused-ring (bicyclic) bond motifs is 2. The molecule has 0 radical (unpaired) electrons. The van der Waals surface area contributed by atoms with Gasteiger partial charge in [-0.1, -0.05) is 37.5 Å². The molecule has 0 spiro atoms. The van der Waals surface area contributed by atoms with Gasteiger partial charge in [-0.05, 0) is 50.2 Å². The minimum absolute atomic E-state index is 0.00564. The minimum Gasteiger partial charge on any atom is -0.452 e. The summed E-state index contributed by atoms with van der Waals surface area (Å²) in [5.74, 6) is -0.662. The van der Waals surface area contributed by atoms with Gasteiger partial charge in [-0.25, -0.2) is 13.2 Å². The van der Waals surface area contributed by atoms with Gasteiger partial charge in [-0.2, -0.15) is 0 Å². The topological polar surface area (TPSA) is 93.6 Å². The van der Waals surface area contributed by atoms with Gasteiger partial charge in [-0.3, -0.25) is 9.78 Å². The van der Waals surface area contributed by atoms with E-state index in [1.165, 1.54) is 0 Å². The third-order valence-corrected chi connectivity index (χ3v) is 9.06. The van der Waals surface area contributed by atoms with Crippen LogP contribution in [0.2, 0.25) is 0 Å². The number of aryl methyl sites for hydroxylation is 1. The van der Waals surface area contributed by atoms with Crippen LogP contribution in [0, 0.1) is 0 Å². The number of para-hydroxylation sites is 1. The quantitative estimate of drug-likeness (QED) is 0.623. The lowest BCUT2D eigenvalue weighted by molar-refractivity contribution is -0.140. The molecule has 2 aromatic rings. The Morgan fingerprint density at radius 2 is 1.79 bits per heavy atom. The molecule has 2 fully saturated rings. The monoisotopic (exact) mass is 470 g/mol. The summed E-state index contributed by atoms with van der Waals surface area (Å²) < 4.78 is 29.8. The number of benzene rings is 1. The number of carbonyl (C=O) groups excluding carboxylic acids is 2. The highest BCUT2D eigenvalue weighted by Gasteiger charge is 2.39. The van der Waals surface area contributed by atoms with Crippen molar-refractivity contribution in [2.75, 3.05) is 18.1 Å². The van der Waals surface area contributed by atoms with Crippen molar-refractivity contribution in [3.63, 3.8) is 0 Å². The summed E-state index contributed by atoms with van der Waals surface area (Å²) in [6, 6.07) is 7.23. The van der Waals surface area contributed by atoms with Gasteiger partial charge in [0.25, 0.3) is 5.91 Å². The number of hydrogen-bond acceptors (Lipinski definition) is 6. The zero-order chi connectivity index (χ0) is 23.0. The third kappa shape index (κ3) is 4.50. The van der Waals surface area contributed by atoms with Crippen LogP contribution in [0.5, 0.6) is 0 Å². The number of hydrogen-bond donors (Lipinski definition) is 0. The number of aromatic nitrogens is 1. The van der Waals surface area contributed by atoms with Crippen molar-refractivity contribution in [2.45, 2.75) is 69.9 Å². The van der Waals surface area contributed by atoms with Gasteiger partial charge in [0.05, 0.1) is 22.6 Å². The average Bonchev–Trinajstić information content (AvgIpc) is 3.42. The van der Waals surface area contributed by atoms with Crippen molar-refractivity contribution in [2.24, 2.45) is 0 Å². The fourth-order valence-electron chi connectivity index (χ4n) is 5.78. The number of nitrogens with zero attached hydrogens (tertiary/aromatic N) is 2. The lowest BCUT2D eigenvalue weighted by Gasteiger charge is -2.38. The predicted octanol–water partition coefficient (Wildman–Crippen LogP) is 3.23. The zero-order valence-corrected chi connectivity index (χ0v) is 19.6. The molecule has 3 aliphatic rings. The van der Waals surface area contributed by atoms with E-state index in [1.54, 1.807) is 4.90 Å². The van der Waals surface area contributed by atoms with Crippen LogP contribution in [-0.4, -0.2) is 60.4 Å². The van der Waals surface area contributed by atoms with E-state index in [0.717, 1.165) is 73.5 Å². The smallest absolute Gasteiger partial charge is 0.339 e. The molecule has 1 aromatic heterocycles. The van der Waals surface area contributed by atoms with Crippen molar-refractivity contribution in [1.29, 1.82) is 0 Å². The molecule has 1 unspecified atom stereocenters. The SMILES string of the molecule is O=C(OCC(=O)N(C1CCCCC1)C1CCS(=O)(=O)C1)c1c2c(nc3ccccc13)CCC2. The Balaban J connectivity index is 1.37. The normalized spacial score (nSPS) is 22.2. The number of carbonyl (C=O) groups is 2. The van der Waals surface area contributed by atoms with Crippen molar-refractivity contribution in [3.8, 4) is 0 Å². The molecule has 1 aromatic carbocycles. The van der Waals surface area contributed by atoms with Crippen molar-refractivity contribution >= 4 is 32.6 Å². The first-order valence-electron chi connectivity index (χ1n) is 12.0. The summed E-state index contributed by atoms with van der Waals surface area (Å²) in [7, 11) is -3.13. The maximum atomic E-state index is 13.3. The predicted molar refractivity (Wildman–Crippen MR) is 125 cm³/mol. The fourth-order valence-corrected chi connectivity index (χ4v) is 7.49. The zero-order valence-electron chi connectivity index (χ0n) is 18.8. The molecular formula is C25H30N2O5S. The van der Waals surface area contributed by atoms with Gasteiger partial charge in [0.2, 0.25) is 0 Å². The van der Waals surface area contributed by atoms with Crippen molar-refractivity contribution in [1.82, 2.24) is 9.88 Å². The Kier molecular flexibility index (Phi) is 6.12. The van der Waals surface area contributed by atoms with Gasteiger partial charge in [0.1, 0.15) is 0 Å². The molecule has 33 heavy (non-hydrogen) atoms. The van der Waals surface area contributed by atoms with E-state index in [9.17, 15) is 18.0 Å². The van der Waals surface area contributed by atoms with Crippen molar-refractivity contribution in [3.05, 3.63) is 41.1 Å². The largest absolute Gasteiger partial charge is 0.452 e. The number of ether oxygens (including phenoxy) is 1. The van der Waals surface area contributed by atoms with E-state index in [1.807, 2.05) is 24.3 Å². The van der Waals surface area contributed by atoms with E-state index in [-0.39, 0.29) is 36.1 Å². The number of amides is 1. The summed E-state index contributed by atoms with van der Waals surface area (Å²) in [5.41, 5.74) is 3.15. The van der Waals surface area contributed by atoms with Gasteiger partial charge < -0.3 is 9.64 Å². The standard InChI is InChI=1S/C25H30N2O5S/c28-23(27(17-7-2-1-3-8-17)18-13-14-33(30,31)16-18)15-32-25(29)24-19-9-4-5-11-21(19)26-22-12-6-10-20(22)24/h4-5,9,11,17-18H,1-3,6-8,10,12-16H2. The Morgan fingerprint density at radius 3 is 2.55 bits per heavy atom. The van der Waals surface area contributed by atoms with Crippen LogP contribution in [0.1, 0.15) is 66.6 Å². The molecule has 5 rings (SSSR count). The third-order valence-electron chi connectivity index (χ3n) is 7.31. The number of rotatable bonds is 5. The fraction of sp³-hybridized carbons (Fsp3) is 0.560. The summed E-state index contributed by atoms with van der Waals surface area (Å²) in [6.45, 7) is -0.364. The van der Waals surface area contributed by atoms with Crippen LogP contribution >= 0.6 is 0 Å². The van der Waals surface area contributed by atoms with E-state index in [4.69, 9.17) is 9.72 Å². The highest BCUT2D eigenvalue weighted by molar-refractivity contribution is 7.91. The summed E-state index contributed by atoms with van der Waals surface area (Å²) in [6.07, 6.45) is 7.97. The molecule has 1 amide bonds. The molecule has 1 saturated carbocycles. The first-order chi connectivity index (χ1) is 15.9. The molecule has 0 N–H and O–H groups in total. The number of pyridine rings is 1. The number of sulfone groups is 1. The van der Waals surface area contributed by atoms with Gasteiger partial charge in [0, 0.05) is 23.2 Å². The Labute approximate surface area is 194 Å². The molecule has 2 aliphatic carbocycles. The molecule has 7 nitrogen and oxygen atoms in total. The van der Waals surface area contributed by atoms with Crippen LogP contribution in [-0.2, 0) is 32.2 Å². The van der Waals surface area contributed by atoms with E-state index < -0.39 is 15.8 Å². The molecule has 2 heterocycles. The minimum atomic E-state index is -3.13. The summed E-state index contributed by atoms with van der Waals surface area (Å²) in [4.78, 5) is 33.0. The van der Waals surface area contributed by atoms with Gasteiger partial charge in [-0.15, -0.1) is 0 Å². The Hall–Kier alpha value is -2.48. The Morgan fingerprint density at radius 1 is 1.00 bits per heavy atom. The molecular weight excluding hydrogens is 440 g/mol. The molecule has 176 valence electrons. The van der Waals surface area contributed by atoms with E-state index in [0.29, 0.717) is 12.0 Å². The van der Waals surface area contributed by atoms with Gasteiger partial charge in [0.15, 0.2) is 16.4 Å². The maximum Gasteiger partial charge on any atom is 0.339 e. The number of esters is 1. The van der Waals surface area contributed by atoms with Gasteiger partial charge >= 0.3 is 5.97 Å². The molecule has 0 bridgehead atoms. The van der Waals surface area contributed by atoms with Crippen LogP contribution in [0.3, 0.4) is 0 Å². The maximum absolute atomic E-state index is 13.3. The highest BCUT2D eigenvalue weighted by atomic mass is 32.2. The van der Waals surface area contributed by atoms with Crippen LogP contribution in [0.4, 0.5) is 0 Å². The van der Waals surface area contributed by atoms with E-state index in [2.05, 4.69) is 0 Å². The summed E-state index contributed by atoms with van der Waals surface area (Å²) in [5, 5.41) is 0.752. The van der Waals surface area contributed by atoms with Crippen LogP contribution < -0.4 is 0 Å². The lowest BCUT2D eigenvalue weighted by Crippen LogP contribution is -2.50. The second-order valence-corrected chi connectivity index (χ2v) is 11.7. The van der Waals surface area contributed by atoms with Crippen molar-refractivity contribution < 1.29 is 22.7 Å². The molecule has 1 atom stereocenters. The second-order valence-electron chi connectivity index (χ2n) is 9.51. The second kappa shape index (κ2) is 9.05. The first kappa shape index (κ1) is 22.3. The molecule has 8 heteroatoms.